The minimum absolute atomic E-state index is 0.0454. The molecule has 9 atom stereocenters. The van der Waals surface area contributed by atoms with E-state index in [-0.39, 0.29) is 17.6 Å². The van der Waals surface area contributed by atoms with Gasteiger partial charge in [-0.25, -0.2) is 47.9 Å². The van der Waals surface area contributed by atoms with E-state index in [1.807, 2.05) is 6.07 Å². The highest BCUT2D eigenvalue weighted by Gasteiger charge is 2.73. The second kappa shape index (κ2) is 38.4. The number of phenolic OH excluding ortho intramolecular Hbond substituents is 26. The van der Waals surface area contributed by atoms with E-state index in [1.54, 1.807) is 6.07 Å². The number of likely N-dealkylation sites (tertiary alicyclic amines) is 1. The van der Waals surface area contributed by atoms with Gasteiger partial charge in [0.1, 0.15) is 12.7 Å². The van der Waals surface area contributed by atoms with Crippen molar-refractivity contribution in [3.8, 4) is 184 Å². The van der Waals surface area contributed by atoms with Gasteiger partial charge in [-0.3, -0.25) is 9.69 Å². The summed E-state index contributed by atoms with van der Waals surface area (Å²) in [6, 6.07) is 12.3. The molecular weight excluding hydrogens is 1970 g/mol. The molecule has 2 bridgehead atoms. The summed E-state index contributed by atoms with van der Waals surface area (Å²) in [6.07, 6.45) is -10.7. The lowest BCUT2D eigenvalue weighted by Crippen LogP contribution is -2.76. The van der Waals surface area contributed by atoms with Crippen molar-refractivity contribution in [1.29, 1.82) is 0 Å². The Hall–Kier alpha value is -19.7. The number of ketones is 1. The van der Waals surface area contributed by atoms with Crippen LogP contribution in [0.2, 0.25) is 0 Å². The second-order valence-electron chi connectivity index (χ2n) is 33.8. The van der Waals surface area contributed by atoms with Crippen LogP contribution in [-0.4, -0.2) is 276 Å². The number of piperidine rings is 1. The normalized spacial score (nSPS) is 19.2. The summed E-state index contributed by atoms with van der Waals surface area (Å²) in [6.45, 7) is 0.244. The largest absolute Gasteiger partial charge is 0.504 e. The first-order valence-electron chi connectivity index (χ1n) is 42.7. The summed E-state index contributed by atoms with van der Waals surface area (Å²) in [4.78, 5) is 158. The topological polar surface area (TPSA) is 848 Å². The van der Waals surface area contributed by atoms with Crippen LogP contribution in [0.15, 0.2) is 133 Å². The molecule has 147 heavy (non-hydrogen) atoms. The number of carbonyl (C=O) groups is 11. The lowest BCUT2D eigenvalue weighted by Gasteiger charge is -2.62. The Morgan fingerprint density at radius 2 is 0.612 bits per heavy atom. The van der Waals surface area contributed by atoms with Gasteiger partial charge in [-0.1, -0.05) is 6.07 Å². The molecule has 3 aliphatic carbocycles. The van der Waals surface area contributed by atoms with E-state index in [0.717, 1.165) is 43.0 Å². The van der Waals surface area contributed by atoms with Gasteiger partial charge in [-0.05, 0) is 178 Å². The van der Waals surface area contributed by atoms with Crippen molar-refractivity contribution >= 4 is 65.5 Å². The minimum Gasteiger partial charge on any atom is -0.504 e. The fraction of sp³-hybridized carbons (Fsp3) is 0.198. The molecule has 3 aliphatic heterocycles. The Morgan fingerprint density at radius 3 is 0.932 bits per heavy atom. The number of phenols is 26. The number of Topliss-reactive ketones (excluding diaryl/α,β-unsaturated/α-hetero) is 1. The average molecular weight is 2040 g/mol. The molecule has 6 aliphatic rings. The molecule has 0 aromatic heterocycles. The monoisotopic (exact) mass is 2040 g/mol. The fourth-order valence-electron chi connectivity index (χ4n) is 17.1. The number of ether oxygens (including phenoxy) is 12. The molecule has 3 heterocycles. The Morgan fingerprint density at radius 1 is 0.327 bits per heavy atom. The molecule has 1 spiro atoms. The molecule has 2 saturated heterocycles. The fourth-order valence-corrected chi connectivity index (χ4v) is 17.1. The molecule has 764 valence electrons. The molecule has 27 N–H and O–H groups in total. The van der Waals surface area contributed by atoms with Crippen molar-refractivity contribution in [1.82, 2.24) is 4.90 Å². The van der Waals surface area contributed by atoms with Crippen molar-refractivity contribution in [2.75, 3.05) is 19.7 Å². The Balaban J connectivity index is 0.000000527. The molecule has 11 aromatic rings. The first-order valence-corrected chi connectivity index (χ1v) is 42.7. The van der Waals surface area contributed by atoms with Gasteiger partial charge in [-0.15, -0.1) is 0 Å². The van der Waals surface area contributed by atoms with E-state index >= 15 is 14.4 Å². The number of aromatic hydroxyl groups is 26. The van der Waals surface area contributed by atoms with Gasteiger partial charge in [0.15, 0.2) is 179 Å². The third-order valence-corrected chi connectivity index (χ3v) is 24.5. The predicted molar refractivity (Wildman–Crippen MR) is 473 cm³/mol. The van der Waals surface area contributed by atoms with Gasteiger partial charge in [-0.2, -0.15) is 0 Å². The molecule has 11 aromatic carbocycles. The van der Waals surface area contributed by atoms with E-state index in [9.17, 15) is 176 Å². The summed E-state index contributed by atoms with van der Waals surface area (Å²) in [5, 5.41) is 283. The van der Waals surface area contributed by atoms with E-state index in [4.69, 9.17) is 56.8 Å². The number of esters is 10. The van der Waals surface area contributed by atoms with Crippen LogP contribution < -0.4 is 28.4 Å². The number of carbonyl (C=O) groups excluding carboxylic acids is 11. The Labute approximate surface area is 816 Å². The van der Waals surface area contributed by atoms with Crippen molar-refractivity contribution in [3.05, 3.63) is 200 Å². The van der Waals surface area contributed by atoms with Crippen LogP contribution in [0.3, 0.4) is 0 Å². The zero-order valence-corrected chi connectivity index (χ0v) is 74.1. The van der Waals surface area contributed by atoms with Crippen molar-refractivity contribution in [2.24, 2.45) is 5.92 Å². The van der Waals surface area contributed by atoms with Gasteiger partial charge >= 0.3 is 59.7 Å². The number of benzene rings is 11. The van der Waals surface area contributed by atoms with Gasteiger partial charge in [0.25, 0.3) is 0 Å². The van der Waals surface area contributed by atoms with Crippen LogP contribution in [-0.2, 0) is 45.1 Å². The summed E-state index contributed by atoms with van der Waals surface area (Å²) in [7, 11) is 0. The van der Waals surface area contributed by atoms with Crippen LogP contribution in [0.1, 0.15) is 147 Å². The molecule has 4 fully saturated rings. The van der Waals surface area contributed by atoms with E-state index in [0.29, 0.717) is 140 Å². The SMILES string of the molecule is O=C(OC[C@H]1O[C@@H](OC(=O)c2cc(O)c(O)c(OC(=O)c3cc(O)c(O)c(O)c3)c2)[C@H](OC(=O)c2cc(O)c(O)c(OC(=O)c3cc(O)c(O)c(O)c3)c2)[C@@H](OC(=O)c2cc(O)c(O)c(OC(=O)c3cc(O)c(O)c(O)c3)c2)[C@@H]1OC(=O)c1cc(O)c(O)c(OC(=O)c2cc(O)c(O)c(O)c2)c1)c1cc(O)c(O)c(OC(=O)c2cc(O)c(O)c(O)c2)c1.O=C1CC[C@@]2(O)[C@H]3Cc4ccc(O)c5c4[C@@]2(CCN3CC2CC2)[C@H]1O5. The third-order valence-electron chi connectivity index (χ3n) is 24.5. The smallest absolute Gasteiger partial charge is 0.343 e. The molecule has 17 rings (SSSR count). The van der Waals surface area contributed by atoms with Crippen LogP contribution >= 0.6 is 0 Å². The van der Waals surface area contributed by atoms with Gasteiger partial charge in [0.2, 0.25) is 41.1 Å². The zero-order chi connectivity index (χ0) is 106. The number of hydrogen-bond acceptors (Lipinski definition) is 51. The van der Waals surface area contributed by atoms with Gasteiger partial charge in [0.05, 0.1) is 66.7 Å². The Kier molecular flexibility index (Phi) is 26.2. The summed E-state index contributed by atoms with van der Waals surface area (Å²) in [5.41, 5.74) is -9.44. The molecule has 2 saturated carbocycles. The number of aliphatic hydroxyl groups is 1. The van der Waals surface area contributed by atoms with Crippen LogP contribution in [0.5, 0.6) is 184 Å². The molecular formula is C96H75NO50. The van der Waals surface area contributed by atoms with Crippen LogP contribution in [0.25, 0.3) is 0 Å². The number of rotatable bonds is 23. The molecule has 51 nitrogen and oxygen atoms in total. The lowest BCUT2D eigenvalue weighted by molar-refractivity contribution is -0.282. The average Bonchev–Trinajstić information content (AvgIpc) is 1.52. The standard InChI is InChI=1S/C76H52O46.C20H23NO4/c77-32-1-22(2-33(78)53(32)92)67(103)113-47-16-27(11-42(87)58(47)97)66(102)112-21-52-63(119-72(108)28-12-43(88)59(98)48(17-28)114-68(104)23-3-34(79)54(93)35(80)4-23)64(120-73(109)29-13-44(89)60(99)49(18-29)115-69(105)24-5-36(81)55(94)37(82)6-24)65(121-74(110)30-14-45(90)61(100)50(19-30)116-70(106)25-7-38(83)56(95)39(84)8-25)76(118-52)122-75(111)31-15-46(91)62(101)51(20-31)117-71(107)26-9-40(85)57(96)41(86)10-26;22-13-4-3-12-9-15-20(24)6-5-14(23)18-19(20,16(12)17(13)25-18)7-8-21(15)10-11-1-2-11/h1-20,52,63-65,76-101H,21H2;3-4,11,15,18,22,24H,1-2,5-10H2/t52-,63-,64+,65-,76+;15-,18+,19+,20-/m11/s1. The highest BCUT2D eigenvalue weighted by molar-refractivity contribution is 6.01. The second-order valence-corrected chi connectivity index (χ2v) is 33.8. The van der Waals surface area contributed by atoms with Gasteiger partial charge < -0.3 is 195 Å². The van der Waals surface area contributed by atoms with E-state index < -0.39 is 342 Å². The van der Waals surface area contributed by atoms with Crippen LogP contribution in [0.4, 0.5) is 0 Å². The quantitative estimate of drug-likeness (QED) is 0.0143. The predicted octanol–water partition coefficient (Wildman–Crippen LogP) is 6.36. The molecule has 0 radical (unpaired) electrons. The molecule has 0 amide bonds. The first kappa shape index (κ1) is 100. The van der Waals surface area contributed by atoms with Gasteiger partial charge in [0, 0.05) is 24.6 Å². The Bertz CT molecular complexity index is 7310. The van der Waals surface area contributed by atoms with Crippen molar-refractivity contribution < 1.29 is 247 Å². The number of hydrogen-bond donors (Lipinski definition) is 27. The van der Waals surface area contributed by atoms with E-state index in [2.05, 4.69) is 4.90 Å². The third kappa shape index (κ3) is 19.0. The minimum atomic E-state index is -3.12. The summed E-state index contributed by atoms with van der Waals surface area (Å²) >= 11 is 0. The lowest BCUT2D eigenvalue weighted by atomic mass is 9.49. The molecule has 0 unspecified atom stereocenters. The first-order chi connectivity index (χ1) is 69.4. The highest BCUT2D eigenvalue weighted by Crippen LogP contribution is 2.66. The zero-order valence-electron chi connectivity index (χ0n) is 74.1. The highest BCUT2D eigenvalue weighted by atomic mass is 16.8. The summed E-state index contributed by atoms with van der Waals surface area (Å²) in [5.74, 6) is -54.6. The maximum atomic E-state index is 15.3. The maximum Gasteiger partial charge on any atom is 0.343 e. The van der Waals surface area contributed by atoms with Crippen molar-refractivity contribution in [3.63, 3.8) is 0 Å². The maximum absolute atomic E-state index is 15.3. The molecule has 51 heteroatoms. The van der Waals surface area contributed by atoms with E-state index in [1.165, 1.54) is 12.8 Å². The number of nitrogens with zero attached hydrogens (tertiary/aromatic N) is 1. The summed E-state index contributed by atoms with van der Waals surface area (Å²) < 4.78 is 66.5. The van der Waals surface area contributed by atoms with Crippen molar-refractivity contribution in [2.45, 2.75) is 92.4 Å². The van der Waals surface area contributed by atoms with Crippen LogP contribution in [0, 0.1) is 5.92 Å².